The molecule has 0 spiro atoms. The minimum Gasteiger partial charge on any atom is -0.370 e. The molecule has 4 atom stereocenters. The highest BCUT2D eigenvalue weighted by atomic mass is 19.3. The number of ether oxygens (including phenoxy) is 4. The van der Waals surface area contributed by atoms with Gasteiger partial charge in [-0.25, -0.2) is 35.1 Å². The van der Waals surface area contributed by atoms with Crippen LogP contribution in [-0.2, 0) is 31.2 Å². The second-order valence-corrected chi connectivity index (χ2v) is 10.8. The first kappa shape index (κ1) is 33.8. The Hall–Kier alpha value is -4.12. The molecule has 0 radical (unpaired) electrons. The van der Waals surface area contributed by atoms with E-state index in [0.717, 1.165) is 36.4 Å². The molecule has 254 valence electrons. The van der Waals surface area contributed by atoms with Crippen molar-refractivity contribution in [1.29, 1.82) is 0 Å². The molecular weight excluding hydrogens is 676 g/mol. The summed E-state index contributed by atoms with van der Waals surface area (Å²) in [5, 5.41) is 0. The lowest BCUT2D eigenvalue weighted by atomic mass is 10.0. The molecule has 0 bridgehead atoms. The summed E-state index contributed by atoms with van der Waals surface area (Å²) in [7, 11) is 0. The number of hydrogen-bond acceptors (Lipinski definition) is 4. The number of benzene rings is 4. The number of fused-ring (bicyclic) bond motifs is 1. The summed E-state index contributed by atoms with van der Waals surface area (Å²) < 4.78 is 196. The fourth-order valence-electron chi connectivity index (χ4n) is 5.67. The highest BCUT2D eigenvalue weighted by Crippen LogP contribution is 2.44. The molecule has 2 aliphatic heterocycles. The minimum absolute atomic E-state index is 0.265. The number of halogens is 12. The summed E-state index contributed by atoms with van der Waals surface area (Å²) in [5.74, 6) is -12.6. The Bertz CT molecular complexity index is 1660. The van der Waals surface area contributed by atoms with E-state index >= 15 is 17.6 Å². The van der Waals surface area contributed by atoms with Gasteiger partial charge in [0.25, 0.3) is 0 Å². The van der Waals surface area contributed by atoms with Gasteiger partial charge in [0.1, 0.15) is 82.1 Å². The third-order valence-electron chi connectivity index (χ3n) is 7.73. The van der Waals surface area contributed by atoms with Gasteiger partial charge in [-0.1, -0.05) is 12.1 Å². The second kappa shape index (κ2) is 12.4. The molecule has 0 N–H and O–H groups in total. The summed E-state index contributed by atoms with van der Waals surface area (Å²) in [6.07, 6.45) is -16.4. The van der Waals surface area contributed by atoms with Crippen LogP contribution in [0.25, 0.3) is 22.3 Å². The van der Waals surface area contributed by atoms with E-state index < -0.39 is 130 Å². The standard InChI is InChI=1S/C32H18F12O4/c33-15-3-1-4-16(34)25(15)13-7-19(37)27(20(38)8-13)31(41,42)47-23-11-45-30-24(12-46-29(23)30)48-32(43,44)28-21(39)9-14(10-22(28)40)26-17(35)5-2-6-18(26)36/h1-10,23-24,29-30H,11-12H2/t23-,24+,29-,30-/m0/s1. The van der Waals surface area contributed by atoms with Gasteiger partial charge in [-0.3, -0.25) is 0 Å². The average molecular weight is 694 g/mol. The Balaban J connectivity index is 1.18. The molecule has 2 heterocycles. The average Bonchev–Trinajstić information content (AvgIpc) is 3.54. The molecule has 6 rings (SSSR count). The molecule has 0 aliphatic carbocycles. The van der Waals surface area contributed by atoms with E-state index in [4.69, 9.17) is 9.47 Å². The van der Waals surface area contributed by atoms with E-state index in [0.29, 0.717) is 0 Å². The van der Waals surface area contributed by atoms with E-state index in [1.807, 2.05) is 0 Å². The molecule has 48 heavy (non-hydrogen) atoms. The molecule has 2 aliphatic rings. The van der Waals surface area contributed by atoms with Gasteiger partial charge < -0.3 is 18.9 Å². The first-order chi connectivity index (χ1) is 22.6. The van der Waals surface area contributed by atoms with E-state index in [1.54, 1.807) is 0 Å². The van der Waals surface area contributed by atoms with Gasteiger partial charge in [0, 0.05) is 0 Å². The SMILES string of the molecule is Fc1cccc(F)c1-c1cc(F)c(C(F)(F)O[C@H]2CO[C@@H]3[C@H]2OC[C@H]3OC(F)(F)c2c(F)cc(-c3c(F)cccc3F)cc2F)c(F)c1. The molecule has 2 fully saturated rings. The molecule has 4 nitrogen and oxygen atoms in total. The van der Waals surface area contributed by atoms with Crippen LogP contribution in [-0.4, -0.2) is 37.6 Å². The van der Waals surface area contributed by atoms with Crippen LogP contribution in [0.2, 0.25) is 0 Å². The van der Waals surface area contributed by atoms with Crippen molar-refractivity contribution in [2.45, 2.75) is 36.6 Å². The van der Waals surface area contributed by atoms with Gasteiger partial charge in [-0.15, -0.1) is 0 Å². The lowest BCUT2D eigenvalue weighted by Crippen LogP contribution is -2.39. The molecule has 2 saturated heterocycles. The lowest BCUT2D eigenvalue weighted by Gasteiger charge is -2.25. The second-order valence-electron chi connectivity index (χ2n) is 10.8. The molecule has 0 aromatic heterocycles. The molecule has 0 amide bonds. The van der Waals surface area contributed by atoms with Gasteiger partial charge in [0.2, 0.25) is 0 Å². The van der Waals surface area contributed by atoms with Crippen molar-refractivity contribution in [3.63, 3.8) is 0 Å². The highest BCUT2D eigenvalue weighted by Gasteiger charge is 2.56. The third kappa shape index (κ3) is 6.01. The lowest BCUT2D eigenvalue weighted by molar-refractivity contribution is -0.289. The summed E-state index contributed by atoms with van der Waals surface area (Å²) in [4.78, 5) is 0. The van der Waals surface area contributed by atoms with E-state index in [9.17, 15) is 35.1 Å². The van der Waals surface area contributed by atoms with Crippen molar-refractivity contribution in [1.82, 2.24) is 0 Å². The van der Waals surface area contributed by atoms with Crippen LogP contribution < -0.4 is 0 Å². The van der Waals surface area contributed by atoms with Crippen LogP contribution in [0, 0.1) is 46.5 Å². The summed E-state index contributed by atoms with van der Waals surface area (Å²) in [6, 6.07) is 6.13. The van der Waals surface area contributed by atoms with Crippen LogP contribution in [0.15, 0.2) is 60.7 Å². The Labute approximate surface area is 262 Å². The molecule has 4 aromatic rings. The van der Waals surface area contributed by atoms with Gasteiger partial charge in [-0.2, -0.15) is 17.6 Å². The van der Waals surface area contributed by atoms with Crippen molar-refractivity contribution in [2.75, 3.05) is 13.2 Å². The smallest absolute Gasteiger partial charge is 0.370 e. The Morgan fingerprint density at radius 1 is 0.479 bits per heavy atom. The Morgan fingerprint density at radius 2 is 0.771 bits per heavy atom. The van der Waals surface area contributed by atoms with Crippen molar-refractivity contribution in [3.05, 3.63) is 118 Å². The van der Waals surface area contributed by atoms with Gasteiger partial charge >= 0.3 is 12.2 Å². The Kier molecular flexibility index (Phi) is 8.72. The van der Waals surface area contributed by atoms with Crippen molar-refractivity contribution in [3.8, 4) is 22.3 Å². The van der Waals surface area contributed by atoms with Crippen LogP contribution in [0.4, 0.5) is 52.7 Å². The number of hydrogen-bond donors (Lipinski definition) is 0. The quantitative estimate of drug-likeness (QED) is 0.174. The number of rotatable bonds is 8. The monoisotopic (exact) mass is 694 g/mol. The number of alkyl halides is 4. The predicted molar refractivity (Wildman–Crippen MR) is 140 cm³/mol. The van der Waals surface area contributed by atoms with Crippen LogP contribution >= 0.6 is 0 Å². The topological polar surface area (TPSA) is 36.9 Å². The fraction of sp³-hybridized carbons (Fsp3) is 0.250. The minimum atomic E-state index is -4.76. The highest BCUT2D eigenvalue weighted by molar-refractivity contribution is 5.66. The molecule has 4 aromatic carbocycles. The zero-order valence-electron chi connectivity index (χ0n) is 23.7. The molecule has 16 heteroatoms. The summed E-state index contributed by atoms with van der Waals surface area (Å²) in [6.45, 7) is -1.60. The van der Waals surface area contributed by atoms with E-state index in [1.165, 1.54) is 0 Å². The van der Waals surface area contributed by atoms with Crippen molar-refractivity contribution in [2.24, 2.45) is 0 Å². The normalized spacial score (nSPS) is 21.2. The van der Waals surface area contributed by atoms with Crippen LogP contribution in [0.1, 0.15) is 11.1 Å². The summed E-state index contributed by atoms with van der Waals surface area (Å²) >= 11 is 0. The van der Waals surface area contributed by atoms with Crippen LogP contribution in [0.3, 0.4) is 0 Å². The molecular formula is C32H18F12O4. The van der Waals surface area contributed by atoms with Crippen LogP contribution in [0.5, 0.6) is 0 Å². The zero-order valence-corrected chi connectivity index (χ0v) is 23.7. The van der Waals surface area contributed by atoms with E-state index in [-0.39, 0.29) is 24.3 Å². The Morgan fingerprint density at radius 3 is 1.06 bits per heavy atom. The fourth-order valence-corrected chi connectivity index (χ4v) is 5.67. The van der Waals surface area contributed by atoms with Crippen molar-refractivity contribution < 1.29 is 71.6 Å². The van der Waals surface area contributed by atoms with Gasteiger partial charge in [-0.05, 0) is 59.7 Å². The maximum Gasteiger partial charge on any atom is 0.389 e. The van der Waals surface area contributed by atoms with Gasteiger partial charge in [0.15, 0.2) is 0 Å². The zero-order chi connectivity index (χ0) is 34.7. The first-order valence-corrected chi connectivity index (χ1v) is 13.8. The van der Waals surface area contributed by atoms with Crippen molar-refractivity contribution >= 4 is 0 Å². The maximum absolute atomic E-state index is 15.1. The van der Waals surface area contributed by atoms with Gasteiger partial charge in [0.05, 0.1) is 24.3 Å². The molecule has 0 unspecified atom stereocenters. The third-order valence-corrected chi connectivity index (χ3v) is 7.73. The van der Waals surface area contributed by atoms with E-state index in [2.05, 4.69) is 9.47 Å². The first-order valence-electron chi connectivity index (χ1n) is 13.8. The predicted octanol–water partition coefficient (Wildman–Crippen LogP) is 8.50. The summed E-state index contributed by atoms with van der Waals surface area (Å²) in [5.41, 5.74) is -7.09. The maximum atomic E-state index is 15.1. The molecule has 0 saturated carbocycles. The largest absolute Gasteiger partial charge is 0.389 e.